The normalized spacial score (nSPS) is 12.4. The Morgan fingerprint density at radius 1 is 1.06 bits per heavy atom. The molecule has 1 unspecified atom stereocenters. The second-order valence-electron chi connectivity index (χ2n) is 4.50. The van der Waals surface area contributed by atoms with Gasteiger partial charge in [0.1, 0.15) is 0 Å². The van der Waals surface area contributed by atoms with Crippen LogP contribution in [0.3, 0.4) is 0 Å². The predicted molar refractivity (Wildman–Crippen MR) is 82.9 cm³/mol. The van der Waals surface area contributed by atoms with Gasteiger partial charge in [0.15, 0.2) is 0 Å². The van der Waals surface area contributed by atoms with E-state index in [1.807, 2.05) is 18.2 Å². The first-order valence-corrected chi connectivity index (χ1v) is 7.57. The molecule has 0 aromatic heterocycles. The van der Waals surface area contributed by atoms with Gasteiger partial charge in [-0.1, -0.05) is 70.0 Å². The van der Waals surface area contributed by atoms with Crippen LogP contribution in [0.25, 0.3) is 0 Å². The van der Waals surface area contributed by atoms with Crippen LogP contribution < -0.4 is 0 Å². The highest BCUT2D eigenvalue weighted by Gasteiger charge is 2.14. The Morgan fingerprint density at radius 3 is 2.39 bits per heavy atom. The molecule has 0 spiro atoms. The molecule has 0 amide bonds. The highest BCUT2D eigenvalue weighted by Crippen LogP contribution is 2.28. The highest BCUT2D eigenvalue weighted by atomic mass is 79.9. The summed E-state index contributed by atoms with van der Waals surface area (Å²) < 4.78 is 0. The molecule has 2 heteroatoms. The molecule has 94 valence electrons. The van der Waals surface area contributed by atoms with E-state index in [1.54, 1.807) is 0 Å². The van der Waals surface area contributed by atoms with Gasteiger partial charge in [0.25, 0.3) is 0 Å². The number of hydrogen-bond donors (Lipinski definition) is 0. The van der Waals surface area contributed by atoms with Gasteiger partial charge in [-0.15, -0.1) is 0 Å². The van der Waals surface area contributed by atoms with Gasteiger partial charge in [-0.25, -0.2) is 0 Å². The monoisotopic (exact) mass is 322 g/mol. The molecule has 2 aromatic carbocycles. The molecule has 0 heterocycles. The molecule has 2 aromatic rings. The van der Waals surface area contributed by atoms with Crippen LogP contribution in [-0.4, -0.2) is 5.33 Å². The van der Waals surface area contributed by atoms with E-state index in [-0.39, 0.29) is 0 Å². The quantitative estimate of drug-likeness (QED) is 0.664. The van der Waals surface area contributed by atoms with E-state index in [0.717, 1.165) is 16.8 Å². The molecule has 0 N–H and O–H groups in total. The molecule has 18 heavy (non-hydrogen) atoms. The smallest absolute Gasteiger partial charge is 0.0438 e. The first-order chi connectivity index (χ1) is 8.72. The summed E-state index contributed by atoms with van der Waals surface area (Å²) in [4.78, 5) is 0. The van der Waals surface area contributed by atoms with Crippen molar-refractivity contribution in [3.8, 4) is 0 Å². The van der Waals surface area contributed by atoms with Gasteiger partial charge in [-0.2, -0.15) is 0 Å². The summed E-state index contributed by atoms with van der Waals surface area (Å²) in [6.07, 6.45) is 0.968. The summed E-state index contributed by atoms with van der Waals surface area (Å²) in [7, 11) is 0. The third-order valence-corrected chi connectivity index (χ3v) is 4.39. The van der Waals surface area contributed by atoms with Crippen LogP contribution in [-0.2, 0) is 6.42 Å². The van der Waals surface area contributed by atoms with Crippen molar-refractivity contribution in [1.82, 2.24) is 0 Å². The third kappa shape index (κ3) is 3.15. The molecule has 0 aliphatic heterocycles. The molecular weight excluding hydrogens is 308 g/mol. The van der Waals surface area contributed by atoms with Crippen molar-refractivity contribution >= 4 is 27.5 Å². The number of aryl methyl sites for hydroxylation is 1. The Hall–Kier alpha value is -0.790. The molecule has 0 aliphatic rings. The zero-order chi connectivity index (χ0) is 13.0. The van der Waals surface area contributed by atoms with E-state index >= 15 is 0 Å². The number of halogens is 2. The summed E-state index contributed by atoms with van der Waals surface area (Å²) in [5.74, 6) is 0.464. The van der Waals surface area contributed by atoms with Crippen LogP contribution in [0.4, 0.5) is 0 Å². The second kappa shape index (κ2) is 6.40. The van der Waals surface area contributed by atoms with Crippen molar-refractivity contribution in [2.45, 2.75) is 19.3 Å². The molecule has 0 fully saturated rings. The minimum atomic E-state index is 0.464. The zero-order valence-corrected chi connectivity index (χ0v) is 12.7. The fraction of sp³-hybridized carbons (Fsp3) is 0.250. The summed E-state index contributed by atoms with van der Waals surface area (Å²) in [6.45, 7) is 2.16. The number of alkyl halides is 1. The molecule has 0 radical (unpaired) electrons. The molecule has 0 aliphatic carbocycles. The maximum atomic E-state index is 6.24. The SMILES string of the molecule is Cc1ccccc1C(CBr)Cc1ccccc1Cl. The predicted octanol–water partition coefficient (Wildman–Crippen LogP) is 5.37. The van der Waals surface area contributed by atoms with E-state index < -0.39 is 0 Å². The maximum Gasteiger partial charge on any atom is 0.0438 e. The van der Waals surface area contributed by atoms with E-state index in [9.17, 15) is 0 Å². The minimum absolute atomic E-state index is 0.464. The van der Waals surface area contributed by atoms with Crippen LogP contribution in [0.2, 0.25) is 5.02 Å². The van der Waals surface area contributed by atoms with Crippen molar-refractivity contribution in [1.29, 1.82) is 0 Å². The molecule has 0 nitrogen and oxygen atoms in total. The Morgan fingerprint density at radius 2 is 1.72 bits per heavy atom. The lowest BCUT2D eigenvalue weighted by Gasteiger charge is -2.17. The van der Waals surface area contributed by atoms with E-state index in [4.69, 9.17) is 11.6 Å². The van der Waals surface area contributed by atoms with Crippen LogP contribution in [0.1, 0.15) is 22.6 Å². The summed E-state index contributed by atoms with van der Waals surface area (Å²) in [5.41, 5.74) is 3.95. The standard InChI is InChI=1S/C16H16BrCl/c1-12-6-2-4-8-15(12)14(11-17)10-13-7-3-5-9-16(13)18/h2-9,14H,10-11H2,1H3. The first kappa shape index (κ1) is 13.6. The van der Waals surface area contributed by atoms with Gasteiger partial charge in [0.2, 0.25) is 0 Å². The number of rotatable bonds is 4. The van der Waals surface area contributed by atoms with Crippen molar-refractivity contribution < 1.29 is 0 Å². The van der Waals surface area contributed by atoms with E-state index in [2.05, 4.69) is 53.2 Å². The molecular formula is C16H16BrCl. The Kier molecular flexibility index (Phi) is 4.85. The Balaban J connectivity index is 2.26. The van der Waals surface area contributed by atoms with Crippen molar-refractivity contribution in [3.05, 3.63) is 70.2 Å². The van der Waals surface area contributed by atoms with Gasteiger partial charge in [0, 0.05) is 10.4 Å². The minimum Gasteiger partial charge on any atom is -0.0921 e. The van der Waals surface area contributed by atoms with Gasteiger partial charge >= 0.3 is 0 Å². The van der Waals surface area contributed by atoms with Crippen LogP contribution >= 0.6 is 27.5 Å². The molecule has 0 saturated carbocycles. The fourth-order valence-electron chi connectivity index (χ4n) is 2.22. The lowest BCUT2D eigenvalue weighted by molar-refractivity contribution is 0.769. The highest BCUT2D eigenvalue weighted by molar-refractivity contribution is 9.09. The summed E-state index contributed by atoms with van der Waals surface area (Å²) in [5, 5.41) is 1.81. The largest absolute Gasteiger partial charge is 0.0921 e. The van der Waals surface area contributed by atoms with Gasteiger partial charge in [-0.3, -0.25) is 0 Å². The summed E-state index contributed by atoms with van der Waals surface area (Å²) >= 11 is 9.86. The average molecular weight is 324 g/mol. The topological polar surface area (TPSA) is 0 Å². The second-order valence-corrected chi connectivity index (χ2v) is 5.56. The molecule has 2 rings (SSSR count). The fourth-order valence-corrected chi connectivity index (χ4v) is 3.01. The Bertz CT molecular complexity index is 522. The van der Waals surface area contributed by atoms with E-state index in [0.29, 0.717) is 5.92 Å². The molecule has 1 atom stereocenters. The van der Waals surface area contributed by atoms with Crippen LogP contribution in [0, 0.1) is 6.92 Å². The number of hydrogen-bond acceptors (Lipinski definition) is 0. The van der Waals surface area contributed by atoms with Crippen LogP contribution in [0.15, 0.2) is 48.5 Å². The van der Waals surface area contributed by atoms with E-state index in [1.165, 1.54) is 16.7 Å². The van der Waals surface area contributed by atoms with Crippen molar-refractivity contribution in [2.75, 3.05) is 5.33 Å². The van der Waals surface area contributed by atoms with Crippen LogP contribution in [0.5, 0.6) is 0 Å². The van der Waals surface area contributed by atoms with Gasteiger partial charge < -0.3 is 0 Å². The molecule has 0 saturated heterocycles. The molecule has 0 bridgehead atoms. The van der Waals surface area contributed by atoms with Crippen molar-refractivity contribution in [3.63, 3.8) is 0 Å². The third-order valence-electron chi connectivity index (χ3n) is 3.24. The van der Waals surface area contributed by atoms with Gasteiger partial charge in [0.05, 0.1) is 0 Å². The Labute approximate surface area is 122 Å². The lowest BCUT2D eigenvalue weighted by atomic mass is 9.91. The summed E-state index contributed by atoms with van der Waals surface area (Å²) in [6, 6.07) is 16.6. The number of benzene rings is 2. The maximum absolute atomic E-state index is 6.24. The van der Waals surface area contributed by atoms with Gasteiger partial charge in [-0.05, 0) is 42.0 Å². The van der Waals surface area contributed by atoms with Crippen molar-refractivity contribution in [2.24, 2.45) is 0 Å². The zero-order valence-electron chi connectivity index (χ0n) is 10.4. The lowest BCUT2D eigenvalue weighted by Crippen LogP contribution is -2.06. The average Bonchev–Trinajstić information content (AvgIpc) is 2.39. The first-order valence-electron chi connectivity index (χ1n) is 6.07.